The van der Waals surface area contributed by atoms with Crippen molar-refractivity contribution < 1.29 is 18.9 Å². The molecule has 6 nitrogen and oxygen atoms in total. The van der Waals surface area contributed by atoms with E-state index in [2.05, 4.69) is 5.32 Å². The van der Waals surface area contributed by atoms with Gasteiger partial charge >= 0.3 is 0 Å². The van der Waals surface area contributed by atoms with E-state index in [1.807, 2.05) is 24.3 Å². The predicted octanol–water partition coefficient (Wildman–Crippen LogP) is 0.590. The molecule has 1 aliphatic heterocycles. The quantitative estimate of drug-likeness (QED) is 0.818. The third kappa shape index (κ3) is 4.61. The fourth-order valence-corrected chi connectivity index (χ4v) is 3.09. The number of halogens is 1. The number of nitrogens with one attached hydrogen (secondary N) is 2. The van der Waals surface area contributed by atoms with Crippen LogP contribution in [-0.2, 0) is 11.3 Å². The van der Waals surface area contributed by atoms with Crippen molar-refractivity contribution in [3.05, 3.63) is 59.0 Å². The number of rotatable bonds is 5. The molecule has 0 radical (unpaired) electrons. The van der Waals surface area contributed by atoms with Crippen molar-refractivity contribution in [2.75, 3.05) is 32.7 Å². The first-order valence-corrected chi connectivity index (χ1v) is 8.68. The number of nitrogens with zero attached hydrogens (tertiary/aromatic N) is 1. The molecule has 2 heterocycles. The lowest BCUT2D eigenvalue weighted by Gasteiger charge is -2.31. The van der Waals surface area contributed by atoms with Crippen LogP contribution in [0.3, 0.4) is 0 Å². The molecular formula is C18H21ClN3O3+. The molecule has 0 saturated carbocycles. The molecule has 0 unspecified atom stereocenters. The van der Waals surface area contributed by atoms with Gasteiger partial charge in [0.05, 0.1) is 32.4 Å². The highest BCUT2D eigenvalue weighted by molar-refractivity contribution is 6.31. The van der Waals surface area contributed by atoms with Crippen LogP contribution in [0.4, 0.5) is 0 Å². The monoisotopic (exact) mass is 362 g/mol. The highest BCUT2D eigenvalue weighted by Gasteiger charge is 2.26. The molecule has 1 aromatic heterocycles. The van der Waals surface area contributed by atoms with Crippen LogP contribution < -0.4 is 10.2 Å². The van der Waals surface area contributed by atoms with E-state index in [0.29, 0.717) is 37.0 Å². The van der Waals surface area contributed by atoms with E-state index in [4.69, 9.17) is 16.0 Å². The molecule has 2 N–H and O–H groups in total. The number of benzene rings is 1. The van der Waals surface area contributed by atoms with Gasteiger partial charge < -0.3 is 19.5 Å². The van der Waals surface area contributed by atoms with Crippen molar-refractivity contribution in [2.24, 2.45) is 0 Å². The largest absolute Gasteiger partial charge is 0.459 e. The maximum atomic E-state index is 12.2. The van der Waals surface area contributed by atoms with Crippen molar-refractivity contribution in [2.45, 2.75) is 6.54 Å². The standard InChI is InChI=1S/C18H20ClN3O3/c19-15-5-2-1-4-14(15)12-20-17(23)13-21-7-9-22(10-8-21)18(24)16-6-3-11-25-16/h1-6,11H,7-10,12-13H2,(H,20,23)/p+1. The Balaban J connectivity index is 1.42. The summed E-state index contributed by atoms with van der Waals surface area (Å²) in [4.78, 5) is 27.3. The summed E-state index contributed by atoms with van der Waals surface area (Å²) < 4.78 is 5.15. The number of amides is 2. The second-order valence-corrected chi connectivity index (χ2v) is 6.47. The summed E-state index contributed by atoms with van der Waals surface area (Å²) in [7, 11) is 0. The molecule has 2 amide bonds. The van der Waals surface area contributed by atoms with Crippen LogP contribution in [0.25, 0.3) is 0 Å². The minimum Gasteiger partial charge on any atom is -0.459 e. The van der Waals surface area contributed by atoms with Gasteiger partial charge in [0, 0.05) is 11.6 Å². The van der Waals surface area contributed by atoms with E-state index in [9.17, 15) is 9.59 Å². The van der Waals surface area contributed by atoms with Crippen LogP contribution in [0.5, 0.6) is 0 Å². The van der Waals surface area contributed by atoms with Crippen LogP contribution in [0.1, 0.15) is 16.1 Å². The molecule has 2 aromatic rings. The molecule has 0 spiro atoms. The number of hydrogen-bond donors (Lipinski definition) is 2. The number of piperazine rings is 1. The van der Waals surface area contributed by atoms with E-state index >= 15 is 0 Å². The van der Waals surface area contributed by atoms with Crippen LogP contribution >= 0.6 is 11.6 Å². The topological polar surface area (TPSA) is 67.0 Å². The van der Waals surface area contributed by atoms with Gasteiger partial charge in [-0.1, -0.05) is 29.8 Å². The highest BCUT2D eigenvalue weighted by Crippen LogP contribution is 2.14. The van der Waals surface area contributed by atoms with Crippen molar-refractivity contribution >= 4 is 23.4 Å². The Morgan fingerprint density at radius 3 is 2.60 bits per heavy atom. The number of furan rings is 1. The highest BCUT2D eigenvalue weighted by atomic mass is 35.5. The molecule has 0 bridgehead atoms. The number of carbonyl (C=O) groups is 2. The van der Waals surface area contributed by atoms with Gasteiger partial charge in [0.2, 0.25) is 0 Å². The van der Waals surface area contributed by atoms with Crippen molar-refractivity contribution in [3.8, 4) is 0 Å². The zero-order valence-corrected chi connectivity index (χ0v) is 14.6. The Morgan fingerprint density at radius 2 is 1.92 bits per heavy atom. The molecular weight excluding hydrogens is 342 g/mol. The summed E-state index contributed by atoms with van der Waals surface area (Å²) in [5, 5.41) is 3.56. The minimum atomic E-state index is -0.0905. The number of quaternary nitrogens is 1. The molecule has 1 aliphatic rings. The average molecular weight is 363 g/mol. The molecule has 1 saturated heterocycles. The average Bonchev–Trinajstić information content (AvgIpc) is 3.16. The van der Waals surface area contributed by atoms with E-state index in [-0.39, 0.29) is 11.8 Å². The fraction of sp³-hybridized carbons (Fsp3) is 0.333. The predicted molar refractivity (Wildman–Crippen MR) is 93.5 cm³/mol. The zero-order valence-electron chi connectivity index (χ0n) is 13.8. The molecule has 1 fully saturated rings. The molecule has 7 heteroatoms. The van der Waals surface area contributed by atoms with E-state index in [1.165, 1.54) is 11.2 Å². The summed E-state index contributed by atoms with van der Waals surface area (Å²) in [6.07, 6.45) is 1.50. The first-order valence-electron chi connectivity index (χ1n) is 8.30. The van der Waals surface area contributed by atoms with Gasteiger partial charge in [-0.15, -0.1) is 0 Å². The SMILES string of the molecule is O=C(C[NH+]1CCN(C(=O)c2ccco2)CC1)NCc1ccccc1Cl. The fourth-order valence-electron chi connectivity index (χ4n) is 2.88. The number of hydrogen-bond acceptors (Lipinski definition) is 3. The third-order valence-electron chi connectivity index (χ3n) is 4.33. The van der Waals surface area contributed by atoms with Crippen LogP contribution in [0.15, 0.2) is 47.1 Å². The Morgan fingerprint density at radius 1 is 1.16 bits per heavy atom. The smallest absolute Gasteiger partial charge is 0.289 e. The summed E-state index contributed by atoms with van der Waals surface area (Å²) in [6.45, 7) is 3.54. The Bertz CT molecular complexity index is 725. The molecule has 0 atom stereocenters. The lowest BCUT2D eigenvalue weighted by atomic mass is 10.2. The van der Waals surface area contributed by atoms with E-state index in [1.54, 1.807) is 17.0 Å². The van der Waals surface area contributed by atoms with Crippen molar-refractivity contribution in [1.82, 2.24) is 10.2 Å². The van der Waals surface area contributed by atoms with Gasteiger partial charge in [-0.25, -0.2) is 0 Å². The Kier molecular flexibility index (Phi) is 5.73. The molecule has 25 heavy (non-hydrogen) atoms. The van der Waals surface area contributed by atoms with Gasteiger partial charge in [0.15, 0.2) is 12.3 Å². The van der Waals surface area contributed by atoms with E-state index < -0.39 is 0 Å². The van der Waals surface area contributed by atoms with Gasteiger partial charge in [-0.2, -0.15) is 0 Å². The van der Waals surface area contributed by atoms with Gasteiger partial charge in [-0.05, 0) is 23.8 Å². The lowest BCUT2D eigenvalue weighted by molar-refractivity contribution is -0.896. The molecule has 1 aromatic carbocycles. The van der Waals surface area contributed by atoms with Gasteiger partial charge in [-0.3, -0.25) is 9.59 Å². The maximum Gasteiger partial charge on any atom is 0.289 e. The maximum absolute atomic E-state index is 12.2. The first-order chi connectivity index (χ1) is 12.1. The van der Waals surface area contributed by atoms with Gasteiger partial charge in [0.1, 0.15) is 0 Å². The zero-order chi connectivity index (χ0) is 17.6. The second-order valence-electron chi connectivity index (χ2n) is 6.06. The normalized spacial score (nSPS) is 15.2. The summed E-state index contributed by atoms with van der Waals surface area (Å²) in [6, 6.07) is 10.8. The minimum absolute atomic E-state index is 0.0132. The number of carbonyl (C=O) groups excluding carboxylic acids is 2. The molecule has 132 valence electrons. The molecule has 0 aliphatic carbocycles. The third-order valence-corrected chi connectivity index (χ3v) is 4.70. The van der Waals surface area contributed by atoms with Crippen molar-refractivity contribution in [3.63, 3.8) is 0 Å². The van der Waals surface area contributed by atoms with E-state index in [0.717, 1.165) is 18.7 Å². The molecule has 3 rings (SSSR count). The lowest BCUT2D eigenvalue weighted by Crippen LogP contribution is -3.15. The van der Waals surface area contributed by atoms with Crippen LogP contribution in [0.2, 0.25) is 5.02 Å². The van der Waals surface area contributed by atoms with Crippen LogP contribution in [0, 0.1) is 0 Å². The summed E-state index contributed by atoms with van der Waals surface area (Å²) >= 11 is 6.09. The first kappa shape index (κ1) is 17.5. The second kappa shape index (κ2) is 8.18. The summed E-state index contributed by atoms with van der Waals surface area (Å²) in [5.74, 6) is 0.258. The van der Waals surface area contributed by atoms with Crippen molar-refractivity contribution in [1.29, 1.82) is 0 Å². The Hall–Kier alpha value is -2.31. The summed E-state index contributed by atoms with van der Waals surface area (Å²) in [5.41, 5.74) is 0.904. The Labute approximate surface area is 151 Å². The van der Waals surface area contributed by atoms with Gasteiger partial charge in [0.25, 0.3) is 11.8 Å². The van der Waals surface area contributed by atoms with Crippen LogP contribution in [-0.4, -0.2) is 49.4 Å².